The van der Waals surface area contributed by atoms with Crippen LogP contribution in [0.25, 0.3) is 111 Å². The standard InChI is InChI=1S/C60H33B7N2/c61-52-48(53(62)57(66)59-50(52)51-54(63)55(64)56(65)58(67)60(51)69(59)41-24-13-22-38(32-41)35-17-6-2-7-18-35)39-29-30-46-45(33-39)49-44(43-26-11-10-25-42(43)36-19-8-3-9-20-36)27-14-28-47(49)68(46)40-23-12-21-37(31-40)34-15-4-1-5-16-34/h1-33H. The highest BCUT2D eigenvalue weighted by Gasteiger charge is 2.26. The molecule has 0 atom stereocenters. The van der Waals surface area contributed by atoms with Crippen molar-refractivity contribution < 1.29 is 0 Å². The van der Waals surface area contributed by atoms with Gasteiger partial charge in [0.15, 0.2) is 0 Å². The molecular formula is C60H33B7N2. The Labute approximate surface area is 410 Å². The number of aromatic nitrogens is 2. The molecular weight excluding hydrogens is 824 g/mol. The zero-order valence-corrected chi connectivity index (χ0v) is 37.5. The van der Waals surface area contributed by atoms with Gasteiger partial charge in [-0.2, -0.15) is 0 Å². The van der Waals surface area contributed by atoms with Gasteiger partial charge >= 0.3 is 0 Å². The Balaban J connectivity index is 1.16. The molecule has 304 valence electrons. The summed E-state index contributed by atoms with van der Waals surface area (Å²) in [6.45, 7) is 0. The molecule has 0 aliphatic rings. The van der Waals surface area contributed by atoms with Crippen LogP contribution in [-0.2, 0) is 0 Å². The molecule has 2 heterocycles. The van der Waals surface area contributed by atoms with E-state index in [9.17, 15) is 0 Å². The number of rotatable bonds is 7. The summed E-state index contributed by atoms with van der Waals surface area (Å²) in [5, 5.41) is 3.19. The number of benzene rings is 10. The minimum atomic E-state index is 0.169. The van der Waals surface area contributed by atoms with Crippen LogP contribution in [0.3, 0.4) is 0 Å². The van der Waals surface area contributed by atoms with Crippen LogP contribution in [0.2, 0.25) is 0 Å². The van der Waals surface area contributed by atoms with Gasteiger partial charge in [-0.15, -0.1) is 10.9 Å². The highest BCUT2D eigenvalue weighted by atomic mass is 15.0. The van der Waals surface area contributed by atoms with E-state index in [-0.39, 0.29) is 21.9 Å². The Morgan fingerprint density at radius 3 is 1.36 bits per heavy atom. The van der Waals surface area contributed by atoms with Gasteiger partial charge in [-0.1, -0.05) is 185 Å². The summed E-state index contributed by atoms with van der Waals surface area (Å²) in [6.07, 6.45) is 0. The first-order chi connectivity index (χ1) is 33.7. The Bertz CT molecular complexity index is 4030. The highest BCUT2D eigenvalue weighted by molar-refractivity contribution is 6.69. The number of hydrogen-bond acceptors (Lipinski definition) is 0. The van der Waals surface area contributed by atoms with Crippen LogP contribution in [0.4, 0.5) is 0 Å². The van der Waals surface area contributed by atoms with Crippen molar-refractivity contribution in [2.24, 2.45) is 0 Å². The molecule has 14 radical (unpaired) electrons. The summed E-state index contributed by atoms with van der Waals surface area (Å²) < 4.78 is 4.30. The maximum atomic E-state index is 7.51. The Kier molecular flexibility index (Phi) is 10.4. The molecule has 0 unspecified atom stereocenters. The lowest BCUT2D eigenvalue weighted by molar-refractivity contribution is 1.18. The first kappa shape index (κ1) is 42.6. The van der Waals surface area contributed by atoms with Crippen molar-refractivity contribution in [3.63, 3.8) is 0 Å². The van der Waals surface area contributed by atoms with E-state index < -0.39 is 0 Å². The number of fused-ring (bicyclic) bond motifs is 6. The van der Waals surface area contributed by atoms with Crippen molar-refractivity contribution in [3.8, 4) is 67.0 Å². The van der Waals surface area contributed by atoms with Crippen molar-refractivity contribution in [2.45, 2.75) is 0 Å². The monoisotopic (exact) mass is 858 g/mol. The van der Waals surface area contributed by atoms with Gasteiger partial charge < -0.3 is 9.13 Å². The van der Waals surface area contributed by atoms with Crippen molar-refractivity contribution >= 4 is 137 Å². The van der Waals surface area contributed by atoms with Crippen LogP contribution < -0.4 is 38.2 Å². The molecule has 0 aliphatic carbocycles. The first-order valence-electron chi connectivity index (χ1n) is 22.8. The fourth-order valence-electron chi connectivity index (χ4n) is 10.5. The molecule has 2 nitrogen and oxygen atoms in total. The molecule has 0 bridgehead atoms. The minimum Gasteiger partial charge on any atom is -0.311 e. The second-order valence-electron chi connectivity index (χ2n) is 17.6. The lowest BCUT2D eigenvalue weighted by atomic mass is 9.64. The zero-order valence-electron chi connectivity index (χ0n) is 37.5. The predicted molar refractivity (Wildman–Crippen MR) is 300 cm³/mol. The lowest BCUT2D eigenvalue weighted by Crippen LogP contribution is -2.48. The van der Waals surface area contributed by atoms with Crippen molar-refractivity contribution in [2.75, 3.05) is 0 Å². The van der Waals surface area contributed by atoms with Crippen LogP contribution in [-0.4, -0.2) is 64.1 Å². The molecule has 69 heavy (non-hydrogen) atoms. The Hall–Kier alpha value is -7.75. The van der Waals surface area contributed by atoms with Gasteiger partial charge in [-0.25, -0.2) is 0 Å². The number of hydrogen-bond donors (Lipinski definition) is 0. The van der Waals surface area contributed by atoms with Gasteiger partial charge in [0, 0.05) is 38.6 Å². The van der Waals surface area contributed by atoms with E-state index in [1.165, 1.54) is 0 Å². The summed E-state index contributed by atoms with van der Waals surface area (Å²) in [5.41, 5.74) is 16.8. The average Bonchev–Trinajstić information content (AvgIpc) is 3.94. The fourth-order valence-corrected chi connectivity index (χ4v) is 10.5. The molecule has 0 spiro atoms. The summed E-state index contributed by atoms with van der Waals surface area (Å²) in [7, 11) is 49.3. The Morgan fingerprint density at radius 1 is 0.261 bits per heavy atom. The maximum Gasteiger partial charge on any atom is 0.115 e. The fraction of sp³-hybridized carbons (Fsp3) is 0. The van der Waals surface area contributed by atoms with Crippen LogP contribution in [0, 0.1) is 0 Å². The lowest BCUT2D eigenvalue weighted by Gasteiger charge is -2.20. The van der Waals surface area contributed by atoms with Gasteiger partial charge in [0.1, 0.15) is 54.9 Å². The topological polar surface area (TPSA) is 9.86 Å². The average molecular weight is 858 g/mol. The van der Waals surface area contributed by atoms with E-state index in [0.29, 0.717) is 43.8 Å². The van der Waals surface area contributed by atoms with E-state index in [4.69, 9.17) is 54.9 Å². The summed E-state index contributed by atoms with van der Waals surface area (Å²) in [6, 6.07) is 69.4. The minimum absolute atomic E-state index is 0.169. The van der Waals surface area contributed by atoms with Gasteiger partial charge in [0.05, 0.1) is 11.0 Å². The second kappa shape index (κ2) is 16.8. The zero-order chi connectivity index (χ0) is 47.1. The van der Waals surface area contributed by atoms with Crippen LogP contribution in [0.1, 0.15) is 0 Å². The van der Waals surface area contributed by atoms with Crippen LogP contribution >= 0.6 is 0 Å². The second-order valence-corrected chi connectivity index (χ2v) is 17.6. The molecule has 0 fully saturated rings. The van der Waals surface area contributed by atoms with E-state index in [1.807, 2.05) is 47.0 Å². The van der Waals surface area contributed by atoms with Gasteiger partial charge in [-0.3, -0.25) is 0 Å². The maximum absolute atomic E-state index is 7.51. The molecule has 0 saturated carbocycles. The summed E-state index contributed by atoms with van der Waals surface area (Å²) >= 11 is 0. The number of nitrogens with zero attached hydrogens (tertiary/aromatic N) is 2. The van der Waals surface area contributed by atoms with Crippen molar-refractivity contribution in [1.29, 1.82) is 0 Å². The van der Waals surface area contributed by atoms with Crippen LogP contribution in [0.5, 0.6) is 0 Å². The van der Waals surface area contributed by atoms with E-state index in [0.717, 1.165) is 83.3 Å². The molecule has 10 aromatic carbocycles. The third-order valence-electron chi connectivity index (χ3n) is 13.7. The molecule has 0 amide bonds. The summed E-state index contributed by atoms with van der Waals surface area (Å²) in [4.78, 5) is 0. The van der Waals surface area contributed by atoms with Crippen molar-refractivity contribution in [3.05, 3.63) is 200 Å². The van der Waals surface area contributed by atoms with Gasteiger partial charge in [0.2, 0.25) is 0 Å². The normalized spacial score (nSPS) is 11.6. The Morgan fingerprint density at radius 2 is 0.739 bits per heavy atom. The molecule has 0 N–H and O–H groups in total. The third kappa shape index (κ3) is 6.73. The smallest absolute Gasteiger partial charge is 0.115 e. The van der Waals surface area contributed by atoms with E-state index in [1.54, 1.807) is 0 Å². The predicted octanol–water partition coefficient (Wildman–Crippen LogP) is 7.77. The SMILES string of the molecule is [B]c1c([B])c([B])c2c(c1[B])c1c([B])c(-c3ccc4c(c3)c3c(-c5ccccc5-c5ccccc5)cccc3n4-c3cccc(-c4ccccc4)c3)c([B])c([B])c1n2-c1cccc(-c2ccccc2)c1. The summed E-state index contributed by atoms with van der Waals surface area (Å²) in [5.74, 6) is 0. The van der Waals surface area contributed by atoms with E-state index >= 15 is 0 Å². The van der Waals surface area contributed by atoms with Crippen LogP contribution in [0.15, 0.2) is 200 Å². The highest BCUT2D eigenvalue weighted by Crippen LogP contribution is 2.43. The molecule has 2 aromatic heterocycles. The van der Waals surface area contributed by atoms with Gasteiger partial charge in [-0.05, 0) is 103 Å². The van der Waals surface area contributed by atoms with E-state index in [2.05, 4.69) is 162 Å². The molecule has 0 saturated heterocycles. The largest absolute Gasteiger partial charge is 0.311 e. The molecule has 9 heteroatoms. The van der Waals surface area contributed by atoms with Crippen molar-refractivity contribution in [1.82, 2.24) is 9.13 Å². The molecule has 12 aromatic rings. The molecule has 12 rings (SSSR count). The quantitative estimate of drug-likeness (QED) is 0.145. The van der Waals surface area contributed by atoms with Gasteiger partial charge in [0.25, 0.3) is 0 Å². The molecule has 0 aliphatic heterocycles. The third-order valence-corrected chi connectivity index (χ3v) is 13.7. The first-order valence-corrected chi connectivity index (χ1v) is 22.8.